The van der Waals surface area contributed by atoms with Crippen molar-refractivity contribution >= 4 is 11.8 Å². The van der Waals surface area contributed by atoms with Crippen LogP contribution in [0.2, 0.25) is 0 Å². The van der Waals surface area contributed by atoms with Crippen LogP contribution in [-0.2, 0) is 0 Å². The summed E-state index contributed by atoms with van der Waals surface area (Å²) in [5.74, 6) is 0. The van der Waals surface area contributed by atoms with Gasteiger partial charge in [-0.15, -0.1) is 0 Å². The van der Waals surface area contributed by atoms with E-state index >= 15 is 0 Å². The highest BCUT2D eigenvalue weighted by Crippen LogP contribution is 2.11. The van der Waals surface area contributed by atoms with Crippen molar-refractivity contribution in [3.8, 4) is 0 Å². The molecule has 0 N–H and O–H groups in total. The van der Waals surface area contributed by atoms with Crippen LogP contribution in [0.25, 0.3) is 6.08 Å². The van der Waals surface area contributed by atoms with Crippen LogP contribution in [-0.4, -0.2) is 13.6 Å². The second-order valence-electron chi connectivity index (χ2n) is 4.53. The number of nitrogens with zero attached hydrogens (tertiary/aromatic N) is 1. The summed E-state index contributed by atoms with van der Waals surface area (Å²) in [6.07, 6.45) is 4.36. The van der Waals surface area contributed by atoms with Crippen molar-refractivity contribution in [1.29, 1.82) is 0 Å². The number of benzene rings is 2. The number of hydrogen-bond acceptors (Lipinski definition) is 1. The van der Waals surface area contributed by atoms with Gasteiger partial charge < -0.3 is 4.90 Å². The molecule has 0 saturated heterocycles. The van der Waals surface area contributed by atoms with Gasteiger partial charge in [0.25, 0.3) is 0 Å². The lowest BCUT2D eigenvalue weighted by atomic mass is 10.1. The number of hydrogen-bond donors (Lipinski definition) is 0. The third-order valence-corrected chi connectivity index (χ3v) is 2.96. The van der Waals surface area contributed by atoms with Crippen LogP contribution < -0.4 is 4.90 Å². The van der Waals surface area contributed by atoms with Crippen LogP contribution in [0.3, 0.4) is 0 Å². The van der Waals surface area contributed by atoms with Gasteiger partial charge in [0.2, 0.25) is 0 Å². The molecule has 0 aliphatic heterocycles. The SMILES string of the molecule is Cc1ccc(/C=C/CN(C)c2ccccc2)cc1. The molecule has 0 amide bonds. The van der Waals surface area contributed by atoms with Crippen LogP contribution in [0, 0.1) is 6.92 Å². The van der Waals surface area contributed by atoms with Gasteiger partial charge in [0.1, 0.15) is 0 Å². The number of anilines is 1. The Hall–Kier alpha value is -2.02. The van der Waals surface area contributed by atoms with Gasteiger partial charge in [-0.2, -0.15) is 0 Å². The summed E-state index contributed by atoms with van der Waals surface area (Å²) < 4.78 is 0. The minimum Gasteiger partial charge on any atom is -0.371 e. The zero-order valence-electron chi connectivity index (χ0n) is 11.0. The zero-order chi connectivity index (χ0) is 12.8. The van der Waals surface area contributed by atoms with E-state index in [4.69, 9.17) is 0 Å². The van der Waals surface area contributed by atoms with Crippen molar-refractivity contribution in [2.24, 2.45) is 0 Å². The molecular weight excluding hydrogens is 218 g/mol. The van der Waals surface area contributed by atoms with Crippen LogP contribution in [0.4, 0.5) is 5.69 Å². The smallest absolute Gasteiger partial charge is 0.0366 e. The highest BCUT2D eigenvalue weighted by Gasteiger charge is 1.95. The monoisotopic (exact) mass is 237 g/mol. The molecule has 0 saturated carbocycles. The van der Waals surface area contributed by atoms with Crippen molar-refractivity contribution in [2.75, 3.05) is 18.5 Å². The molecule has 0 atom stereocenters. The van der Waals surface area contributed by atoms with Gasteiger partial charge in [-0.05, 0) is 24.6 Å². The first kappa shape index (κ1) is 12.4. The fourth-order valence-electron chi connectivity index (χ4n) is 1.81. The average molecular weight is 237 g/mol. The van der Waals surface area contributed by atoms with Crippen molar-refractivity contribution < 1.29 is 0 Å². The minimum absolute atomic E-state index is 0.915. The van der Waals surface area contributed by atoms with Gasteiger partial charge in [-0.1, -0.05) is 60.2 Å². The molecule has 0 spiro atoms. The summed E-state index contributed by atoms with van der Waals surface area (Å²) in [4.78, 5) is 2.23. The van der Waals surface area contributed by atoms with Gasteiger partial charge in [0, 0.05) is 19.3 Å². The van der Waals surface area contributed by atoms with Crippen LogP contribution in [0.1, 0.15) is 11.1 Å². The average Bonchev–Trinajstić information content (AvgIpc) is 2.42. The van der Waals surface area contributed by atoms with Crippen molar-refractivity contribution in [3.63, 3.8) is 0 Å². The van der Waals surface area contributed by atoms with E-state index in [1.807, 2.05) is 6.07 Å². The first-order chi connectivity index (χ1) is 8.75. The van der Waals surface area contributed by atoms with E-state index in [2.05, 4.69) is 79.6 Å². The van der Waals surface area contributed by atoms with Gasteiger partial charge in [0.05, 0.1) is 0 Å². The van der Waals surface area contributed by atoms with Crippen LogP contribution in [0.5, 0.6) is 0 Å². The van der Waals surface area contributed by atoms with Gasteiger partial charge in [-0.3, -0.25) is 0 Å². The molecule has 2 aromatic rings. The normalized spacial score (nSPS) is 10.8. The maximum Gasteiger partial charge on any atom is 0.0366 e. The molecule has 0 radical (unpaired) electrons. The molecule has 1 heteroatoms. The maximum absolute atomic E-state index is 2.23. The summed E-state index contributed by atoms with van der Waals surface area (Å²) in [6, 6.07) is 19.0. The standard InChI is InChI=1S/C17H19N/c1-15-10-12-16(13-11-15)7-6-14-18(2)17-8-4-3-5-9-17/h3-13H,14H2,1-2H3/b7-6+. The molecule has 0 aromatic heterocycles. The lowest BCUT2D eigenvalue weighted by Gasteiger charge is -2.16. The molecule has 0 fully saturated rings. The molecule has 0 unspecified atom stereocenters. The lowest BCUT2D eigenvalue weighted by Crippen LogP contribution is -2.16. The third kappa shape index (κ3) is 3.49. The van der Waals surface area contributed by atoms with Gasteiger partial charge >= 0.3 is 0 Å². The van der Waals surface area contributed by atoms with Crippen LogP contribution >= 0.6 is 0 Å². The first-order valence-electron chi connectivity index (χ1n) is 6.25. The molecule has 0 aliphatic rings. The van der Waals surface area contributed by atoms with Crippen molar-refractivity contribution in [1.82, 2.24) is 0 Å². The molecule has 0 bridgehead atoms. The fraction of sp³-hybridized carbons (Fsp3) is 0.176. The van der Waals surface area contributed by atoms with E-state index in [-0.39, 0.29) is 0 Å². The van der Waals surface area contributed by atoms with Crippen molar-refractivity contribution in [2.45, 2.75) is 6.92 Å². The molecular formula is C17H19N. The Morgan fingerprint density at radius 2 is 1.61 bits per heavy atom. The molecule has 0 aliphatic carbocycles. The fourth-order valence-corrected chi connectivity index (χ4v) is 1.81. The number of para-hydroxylation sites is 1. The Morgan fingerprint density at radius 1 is 0.944 bits per heavy atom. The van der Waals surface area contributed by atoms with Crippen molar-refractivity contribution in [3.05, 3.63) is 71.8 Å². The van der Waals surface area contributed by atoms with E-state index in [0.29, 0.717) is 0 Å². The second-order valence-corrected chi connectivity index (χ2v) is 4.53. The Morgan fingerprint density at radius 3 is 2.28 bits per heavy atom. The predicted molar refractivity (Wildman–Crippen MR) is 79.9 cm³/mol. The van der Waals surface area contributed by atoms with E-state index in [1.54, 1.807) is 0 Å². The second kappa shape index (κ2) is 6.06. The Bertz CT molecular complexity index is 497. The maximum atomic E-state index is 2.23. The highest BCUT2D eigenvalue weighted by atomic mass is 15.1. The predicted octanol–water partition coefficient (Wildman–Crippen LogP) is 4.14. The number of aryl methyl sites for hydroxylation is 1. The zero-order valence-corrected chi connectivity index (χ0v) is 11.0. The molecule has 18 heavy (non-hydrogen) atoms. The summed E-state index contributed by atoms with van der Waals surface area (Å²) in [5.41, 5.74) is 3.79. The Kier molecular flexibility index (Phi) is 4.19. The van der Waals surface area contributed by atoms with Gasteiger partial charge in [0.15, 0.2) is 0 Å². The van der Waals surface area contributed by atoms with E-state index in [1.165, 1.54) is 16.8 Å². The summed E-state index contributed by atoms with van der Waals surface area (Å²) in [5, 5.41) is 0. The Balaban J connectivity index is 1.93. The quantitative estimate of drug-likeness (QED) is 0.772. The largest absolute Gasteiger partial charge is 0.371 e. The minimum atomic E-state index is 0.915. The van der Waals surface area contributed by atoms with E-state index in [0.717, 1.165) is 6.54 Å². The number of rotatable bonds is 4. The highest BCUT2D eigenvalue weighted by molar-refractivity contribution is 5.52. The lowest BCUT2D eigenvalue weighted by molar-refractivity contribution is 1.03. The molecule has 0 heterocycles. The molecule has 1 nitrogen and oxygen atoms in total. The molecule has 2 rings (SSSR count). The third-order valence-electron chi connectivity index (χ3n) is 2.96. The summed E-state index contributed by atoms with van der Waals surface area (Å²) in [6.45, 7) is 3.02. The van der Waals surface area contributed by atoms with E-state index in [9.17, 15) is 0 Å². The van der Waals surface area contributed by atoms with E-state index < -0.39 is 0 Å². The summed E-state index contributed by atoms with van der Waals surface area (Å²) >= 11 is 0. The Labute approximate surface area is 109 Å². The first-order valence-corrected chi connectivity index (χ1v) is 6.25. The number of likely N-dealkylation sites (N-methyl/N-ethyl adjacent to an activating group) is 1. The summed E-state index contributed by atoms with van der Waals surface area (Å²) in [7, 11) is 2.11. The van der Waals surface area contributed by atoms with Gasteiger partial charge in [-0.25, -0.2) is 0 Å². The topological polar surface area (TPSA) is 3.24 Å². The van der Waals surface area contributed by atoms with Crippen LogP contribution in [0.15, 0.2) is 60.7 Å². The molecule has 92 valence electrons. The molecule has 2 aromatic carbocycles.